The zero-order chi connectivity index (χ0) is 24.6. The molecule has 2 N–H and O–H groups in total. The third-order valence-corrected chi connectivity index (χ3v) is 8.38. The first-order chi connectivity index (χ1) is 17.5. The summed E-state index contributed by atoms with van der Waals surface area (Å²) in [7, 11) is 0. The first-order valence-corrected chi connectivity index (χ1v) is 13.4. The number of carbonyl (C=O) groups is 1. The highest BCUT2D eigenvalue weighted by atomic mass is 19.1. The molecule has 4 aromatic rings. The Balaban J connectivity index is 1.07. The van der Waals surface area contributed by atoms with Gasteiger partial charge in [-0.05, 0) is 106 Å². The van der Waals surface area contributed by atoms with E-state index in [1.165, 1.54) is 23.6 Å². The van der Waals surface area contributed by atoms with Gasteiger partial charge in [0.25, 0.3) is 5.91 Å². The van der Waals surface area contributed by atoms with Crippen LogP contribution in [0.4, 0.5) is 4.39 Å². The van der Waals surface area contributed by atoms with Gasteiger partial charge in [0.2, 0.25) is 0 Å². The van der Waals surface area contributed by atoms with E-state index in [2.05, 4.69) is 51.1 Å². The van der Waals surface area contributed by atoms with Crippen LogP contribution in [0.5, 0.6) is 0 Å². The largest absolute Gasteiger partial charge is 0.361 e. The predicted octanol–water partition coefficient (Wildman–Crippen LogP) is 6.36. The third kappa shape index (κ3) is 4.55. The van der Waals surface area contributed by atoms with Crippen LogP contribution in [0.25, 0.3) is 21.8 Å². The molecule has 2 aliphatic rings. The van der Waals surface area contributed by atoms with E-state index >= 15 is 0 Å². The van der Waals surface area contributed by atoms with Crippen LogP contribution in [0.15, 0.2) is 48.7 Å². The summed E-state index contributed by atoms with van der Waals surface area (Å²) in [5.41, 5.74) is 5.21. The molecule has 2 aliphatic heterocycles. The van der Waals surface area contributed by atoms with Crippen molar-refractivity contribution in [3.63, 3.8) is 0 Å². The van der Waals surface area contributed by atoms with E-state index in [-0.39, 0.29) is 11.7 Å². The molecule has 188 valence electrons. The molecule has 1 atom stereocenters. The molecule has 36 heavy (non-hydrogen) atoms. The Kier molecular flexibility index (Phi) is 6.30. The van der Waals surface area contributed by atoms with E-state index in [1.54, 1.807) is 6.07 Å². The summed E-state index contributed by atoms with van der Waals surface area (Å²) in [6.07, 6.45) is 8.63. The highest BCUT2D eigenvalue weighted by Crippen LogP contribution is 2.34. The van der Waals surface area contributed by atoms with Crippen LogP contribution in [0.3, 0.4) is 0 Å². The number of carbonyl (C=O) groups excluding carboxylic acids is 1. The number of fused-ring (bicyclic) bond motifs is 2. The lowest BCUT2D eigenvalue weighted by Gasteiger charge is -2.38. The van der Waals surface area contributed by atoms with Gasteiger partial charge >= 0.3 is 0 Å². The summed E-state index contributed by atoms with van der Waals surface area (Å²) in [5, 5.41) is 2.13. The van der Waals surface area contributed by atoms with Crippen LogP contribution in [0.2, 0.25) is 0 Å². The fraction of sp³-hybridized carbons (Fsp3) is 0.433. The average Bonchev–Trinajstić information content (AvgIpc) is 3.51. The van der Waals surface area contributed by atoms with Crippen LogP contribution < -0.4 is 0 Å². The Hall–Kier alpha value is -3.12. The molecule has 0 radical (unpaired) electrons. The third-order valence-electron chi connectivity index (χ3n) is 8.38. The molecule has 6 rings (SSSR count). The standard InChI is InChI=1S/C30H35FN4O/c1-20-5-7-27-22(16-20)17-29(33-27)30(36)35-12-3-2-4-24(35)11-15-34-13-9-21(10-14-34)26-19-32-28-8-6-23(31)18-25(26)28/h5-8,16-19,21,24,32-33H,2-4,9-15H2,1H3/t24-/m0/s1. The van der Waals surface area contributed by atoms with Crippen molar-refractivity contribution in [3.8, 4) is 0 Å². The molecule has 0 aliphatic carbocycles. The molecule has 0 spiro atoms. The van der Waals surface area contributed by atoms with Crippen molar-refractivity contribution in [1.82, 2.24) is 19.8 Å². The van der Waals surface area contributed by atoms with Gasteiger partial charge in [-0.3, -0.25) is 4.79 Å². The van der Waals surface area contributed by atoms with Gasteiger partial charge in [0.1, 0.15) is 11.5 Å². The van der Waals surface area contributed by atoms with Crippen LogP contribution in [-0.4, -0.2) is 57.9 Å². The molecule has 2 aromatic heterocycles. The van der Waals surface area contributed by atoms with Crippen molar-refractivity contribution in [1.29, 1.82) is 0 Å². The number of rotatable bonds is 5. The molecular formula is C30H35FN4O. The summed E-state index contributed by atoms with van der Waals surface area (Å²) in [6, 6.07) is 13.6. The topological polar surface area (TPSA) is 55.1 Å². The zero-order valence-corrected chi connectivity index (χ0v) is 21.0. The maximum absolute atomic E-state index is 13.8. The minimum atomic E-state index is -0.171. The van der Waals surface area contributed by atoms with Crippen molar-refractivity contribution < 1.29 is 9.18 Å². The maximum Gasteiger partial charge on any atom is 0.270 e. The second-order valence-corrected chi connectivity index (χ2v) is 10.8. The van der Waals surface area contributed by atoms with E-state index in [4.69, 9.17) is 0 Å². The van der Waals surface area contributed by atoms with Gasteiger partial charge < -0.3 is 19.8 Å². The van der Waals surface area contributed by atoms with E-state index < -0.39 is 0 Å². The van der Waals surface area contributed by atoms with Crippen molar-refractivity contribution in [2.75, 3.05) is 26.2 Å². The van der Waals surface area contributed by atoms with E-state index in [0.717, 1.165) is 80.1 Å². The Morgan fingerprint density at radius 1 is 1.00 bits per heavy atom. The molecule has 1 amide bonds. The summed E-state index contributed by atoms with van der Waals surface area (Å²) >= 11 is 0. The Bertz CT molecular complexity index is 1380. The molecule has 5 nitrogen and oxygen atoms in total. The number of H-pyrrole nitrogens is 2. The summed E-state index contributed by atoms with van der Waals surface area (Å²) in [4.78, 5) is 24.8. The Labute approximate surface area is 211 Å². The second kappa shape index (κ2) is 9.74. The monoisotopic (exact) mass is 486 g/mol. The molecule has 0 unspecified atom stereocenters. The number of aromatic amines is 2. The van der Waals surface area contributed by atoms with Gasteiger partial charge in [-0.15, -0.1) is 0 Å². The predicted molar refractivity (Wildman–Crippen MR) is 143 cm³/mol. The van der Waals surface area contributed by atoms with Crippen LogP contribution in [-0.2, 0) is 0 Å². The zero-order valence-electron chi connectivity index (χ0n) is 21.0. The first-order valence-electron chi connectivity index (χ1n) is 13.4. The van der Waals surface area contributed by atoms with Crippen molar-refractivity contribution in [3.05, 3.63) is 71.3 Å². The summed E-state index contributed by atoms with van der Waals surface area (Å²) < 4.78 is 13.8. The highest BCUT2D eigenvalue weighted by Gasteiger charge is 2.30. The number of aryl methyl sites for hydroxylation is 1. The molecule has 2 saturated heterocycles. The number of nitrogens with one attached hydrogen (secondary N) is 2. The fourth-order valence-electron chi connectivity index (χ4n) is 6.34. The van der Waals surface area contributed by atoms with Gasteiger partial charge in [-0.25, -0.2) is 4.39 Å². The molecule has 2 aromatic carbocycles. The van der Waals surface area contributed by atoms with Gasteiger partial charge in [0.05, 0.1) is 0 Å². The van der Waals surface area contributed by atoms with Crippen LogP contribution in [0.1, 0.15) is 66.1 Å². The molecule has 4 heterocycles. The molecule has 0 saturated carbocycles. The quantitative estimate of drug-likeness (QED) is 0.345. The lowest BCUT2D eigenvalue weighted by molar-refractivity contribution is 0.0573. The molecule has 2 fully saturated rings. The average molecular weight is 487 g/mol. The van der Waals surface area contributed by atoms with E-state index in [1.807, 2.05) is 12.1 Å². The first kappa shape index (κ1) is 23.3. The molecule has 0 bridgehead atoms. The number of benzene rings is 2. The van der Waals surface area contributed by atoms with Gasteiger partial charge in [-0.1, -0.05) is 11.6 Å². The van der Waals surface area contributed by atoms with Gasteiger partial charge in [-0.2, -0.15) is 0 Å². The number of hydrogen-bond donors (Lipinski definition) is 2. The van der Waals surface area contributed by atoms with Gasteiger partial charge in [0, 0.05) is 47.1 Å². The number of amides is 1. The number of piperidine rings is 2. The number of likely N-dealkylation sites (tertiary alicyclic amines) is 2. The number of hydrogen-bond acceptors (Lipinski definition) is 2. The SMILES string of the molecule is Cc1ccc2[nH]c(C(=O)N3CCCC[C@H]3CCN3CCC(c4c[nH]c5ccc(F)cc45)CC3)cc2c1. The minimum Gasteiger partial charge on any atom is -0.361 e. The lowest BCUT2D eigenvalue weighted by Crippen LogP contribution is -2.46. The summed E-state index contributed by atoms with van der Waals surface area (Å²) in [6.45, 7) is 6.05. The minimum absolute atomic E-state index is 0.138. The maximum atomic E-state index is 13.8. The van der Waals surface area contributed by atoms with E-state index in [0.29, 0.717) is 17.7 Å². The normalized spacial score (nSPS) is 19.9. The Morgan fingerprint density at radius 2 is 1.83 bits per heavy atom. The fourth-order valence-corrected chi connectivity index (χ4v) is 6.34. The molecular weight excluding hydrogens is 451 g/mol. The van der Waals surface area contributed by atoms with Crippen LogP contribution in [0, 0.1) is 12.7 Å². The lowest BCUT2D eigenvalue weighted by atomic mass is 9.89. The van der Waals surface area contributed by atoms with Crippen LogP contribution >= 0.6 is 0 Å². The van der Waals surface area contributed by atoms with Crippen molar-refractivity contribution in [2.24, 2.45) is 0 Å². The second-order valence-electron chi connectivity index (χ2n) is 10.8. The Morgan fingerprint density at radius 3 is 2.69 bits per heavy atom. The molecule has 6 heteroatoms. The number of nitrogens with zero attached hydrogens (tertiary/aromatic N) is 2. The van der Waals surface area contributed by atoms with Gasteiger partial charge in [0.15, 0.2) is 0 Å². The van der Waals surface area contributed by atoms with Crippen molar-refractivity contribution >= 4 is 27.7 Å². The number of halogens is 1. The van der Waals surface area contributed by atoms with Crippen molar-refractivity contribution in [2.45, 2.75) is 57.4 Å². The highest BCUT2D eigenvalue weighted by molar-refractivity contribution is 5.98. The van der Waals surface area contributed by atoms with E-state index in [9.17, 15) is 9.18 Å². The summed E-state index contributed by atoms with van der Waals surface area (Å²) in [5.74, 6) is 0.434. The smallest absolute Gasteiger partial charge is 0.270 e. The number of aromatic nitrogens is 2.